The maximum Gasteiger partial charge on any atom is 0.241 e. The van der Waals surface area contributed by atoms with E-state index in [1.807, 2.05) is 4.90 Å². The van der Waals surface area contributed by atoms with Gasteiger partial charge in [0.15, 0.2) is 0 Å². The Balaban J connectivity index is 1.68. The van der Waals surface area contributed by atoms with Crippen LogP contribution in [0.2, 0.25) is 0 Å². The summed E-state index contributed by atoms with van der Waals surface area (Å²) in [6.07, 6.45) is 3.17. The third-order valence-corrected chi connectivity index (χ3v) is 3.32. The summed E-state index contributed by atoms with van der Waals surface area (Å²) in [6, 6.07) is 0. The molecule has 2 aliphatic rings. The molecule has 0 spiro atoms. The predicted molar refractivity (Wildman–Crippen MR) is 56.1 cm³/mol. The SMILES string of the molecule is CC1CC1C(=O)NCC(=O)N1CCCC1. The summed E-state index contributed by atoms with van der Waals surface area (Å²) in [5.74, 6) is 0.785. The Morgan fingerprint density at radius 2 is 1.93 bits per heavy atom. The van der Waals surface area contributed by atoms with Crippen LogP contribution in [0.1, 0.15) is 26.2 Å². The smallest absolute Gasteiger partial charge is 0.241 e. The van der Waals surface area contributed by atoms with Crippen molar-refractivity contribution in [3.8, 4) is 0 Å². The van der Waals surface area contributed by atoms with Crippen LogP contribution in [0.4, 0.5) is 0 Å². The topological polar surface area (TPSA) is 49.4 Å². The fourth-order valence-electron chi connectivity index (χ4n) is 2.06. The van der Waals surface area contributed by atoms with Crippen LogP contribution in [0.25, 0.3) is 0 Å². The molecule has 2 amide bonds. The Labute approximate surface area is 90.0 Å². The molecular formula is C11H18N2O2. The highest BCUT2D eigenvalue weighted by Crippen LogP contribution is 2.37. The lowest BCUT2D eigenvalue weighted by atomic mass is 10.3. The van der Waals surface area contributed by atoms with Gasteiger partial charge in [0.2, 0.25) is 11.8 Å². The quantitative estimate of drug-likeness (QED) is 0.732. The van der Waals surface area contributed by atoms with Crippen molar-refractivity contribution in [2.45, 2.75) is 26.2 Å². The van der Waals surface area contributed by atoms with E-state index in [9.17, 15) is 9.59 Å². The Morgan fingerprint density at radius 3 is 2.47 bits per heavy atom. The highest BCUT2D eigenvalue weighted by atomic mass is 16.2. The molecule has 2 atom stereocenters. The zero-order valence-corrected chi connectivity index (χ0v) is 9.16. The van der Waals surface area contributed by atoms with Crippen LogP contribution in [-0.2, 0) is 9.59 Å². The van der Waals surface area contributed by atoms with Crippen LogP contribution < -0.4 is 5.32 Å². The lowest BCUT2D eigenvalue weighted by Crippen LogP contribution is -2.39. The Hall–Kier alpha value is -1.06. The van der Waals surface area contributed by atoms with E-state index in [-0.39, 0.29) is 24.3 Å². The Morgan fingerprint density at radius 1 is 1.33 bits per heavy atom. The van der Waals surface area contributed by atoms with Crippen molar-refractivity contribution in [3.63, 3.8) is 0 Å². The highest BCUT2D eigenvalue weighted by Gasteiger charge is 2.39. The molecule has 1 saturated heterocycles. The summed E-state index contributed by atoms with van der Waals surface area (Å²) in [7, 11) is 0. The largest absolute Gasteiger partial charge is 0.347 e. The first-order chi connectivity index (χ1) is 7.18. The van der Waals surface area contributed by atoms with E-state index < -0.39 is 0 Å². The first kappa shape index (κ1) is 10.5. The van der Waals surface area contributed by atoms with Gasteiger partial charge in [-0.3, -0.25) is 9.59 Å². The monoisotopic (exact) mass is 210 g/mol. The van der Waals surface area contributed by atoms with Gasteiger partial charge in [0.05, 0.1) is 6.54 Å². The molecule has 1 saturated carbocycles. The molecule has 0 bridgehead atoms. The average Bonchev–Trinajstić information content (AvgIpc) is 2.75. The van der Waals surface area contributed by atoms with Crippen molar-refractivity contribution in [2.75, 3.05) is 19.6 Å². The summed E-state index contributed by atoms with van der Waals surface area (Å²) in [5.41, 5.74) is 0. The lowest BCUT2D eigenvalue weighted by molar-refractivity contribution is -0.132. The second-order valence-electron chi connectivity index (χ2n) is 4.63. The van der Waals surface area contributed by atoms with Crippen molar-refractivity contribution in [3.05, 3.63) is 0 Å². The van der Waals surface area contributed by atoms with Gasteiger partial charge in [0.25, 0.3) is 0 Å². The van der Waals surface area contributed by atoms with Crippen LogP contribution in [0.15, 0.2) is 0 Å². The van der Waals surface area contributed by atoms with Crippen molar-refractivity contribution in [2.24, 2.45) is 11.8 Å². The van der Waals surface area contributed by atoms with Crippen LogP contribution in [0.5, 0.6) is 0 Å². The maximum atomic E-state index is 11.6. The summed E-state index contributed by atoms with van der Waals surface area (Å²) in [6.45, 7) is 3.96. The molecule has 0 radical (unpaired) electrons. The molecule has 0 aromatic heterocycles. The van der Waals surface area contributed by atoms with Crippen LogP contribution in [-0.4, -0.2) is 36.3 Å². The number of nitrogens with zero attached hydrogens (tertiary/aromatic N) is 1. The van der Waals surface area contributed by atoms with Gasteiger partial charge in [-0.05, 0) is 25.2 Å². The zero-order valence-electron chi connectivity index (χ0n) is 9.16. The fourth-order valence-corrected chi connectivity index (χ4v) is 2.06. The first-order valence-corrected chi connectivity index (χ1v) is 5.74. The molecule has 0 aromatic carbocycles. The Bertz CT molecular complexity index is 272. The van der Waals surface area contributed by atoms with Crippen LogP contribution >= 0.6 is 0 Å². The number of likely N-dealkylation sites (tertiary alicyclic amines) is 1. The normalized spacial score (nSPS) is 29.0. The third-order valence-electron chi connectivity index (χ3n) is 3.32. The molecular weight excluding hydrogens is 192 g/mol. The van der Waals surface area contributed by atoms with Crippen molar-refractivity contribution >= 4 is 11.8 Å². The molecule has 1 heterocycles. The van der Waals surface area contributed by atoms with Gasteiger partial charge in [-0.1, -0.05) is 6.92 Å². The molecule has 2 unspecified atom stereocenters. The van der Waals surface area contributed by atoms with Crippen molar-refractivity contribution in [1.82, 2.24) is 10.2 Å². The van der Waals surface area contributed by atoms with Gasteiger partial charge in [0.1, 0.15) is 0 Å². The van der Waals surface area contributed by atoms with E-state index in [1.54, 1.807) is 0 Å². The molecule has 84 valence electrons. The van der Waals surface area contributed by atoms with Crippen molar-refractivity contribution < 1.29 is 9.59 Å². The standard InChI is InChI=1S/C11H18N2O2/c1-8-6-9(8)11(15)12-7-10(14)13-4-2-3-5-13/h8-9H,2-7H2,1H3,(H,12,15). The number of nitrogens with one attached hydrogen (secondary N) is 1. The summed E-state index contributed by atoms with van der Waals surface area (Å²) >= 11 is 0. The first-order valence-electron chi connectivity index (χ1n) is 5.74. The molecule has 0 aromatic rings. The van der Waals surface area contributed by atoms with Crippen LogP contribution in [0.3, 0.4) is 0 Å². The van der Waals surface area contributed by atoms with E-state index in [0.717, 1.165) is 32.4 Å². The number of carbonyl (C=O) groups is 2. The molecule has 2 rings (SSSR count). The summed E-state index contributed by atoms with van der Waals surface area (Å²) < 4.78 is 0. The van der Waals surface area contributed by atoms with E-state index in [2.05, 4.69) is 12.2 Å². The number of rotatable bonds is 3. The number of hydrogen-bond donors (Lipinski definition) is 1. The minimum absolute atomic E-state index is 0.0510. The van der Waals surface area contributed by atoms with Gasteiger partial charge in [-0.25, -0.2) is 0 Å². The summed E-state index contributed by atoms with van der Waals surface area (Å²) in [4.78, 5) is 24.9. The van der Waals surface area contributed by atoms with E-state index in [4.69, 9.17) is 0 Å². The third kappa shape index (κ3) is 2.49. The van der Waals surface area contributed by atoms with Gasteiger partial charge >= 0.3 is 0 Å². The number of hydrogen-bond acceptors (Lipinski definition) is 2. The van der Waals surface area contributed by atoms with E-state index in [0.29, 0.717) is 5.92 Å². The minimum atomic E-state index is 0.0510. The zero-order chi connectivity index (χ0) is 10.8. The van der Waals surface area contributed by atoms with Gasteiger partial charge in [0, 0.05) is 19.0 Å². The van der Waals surface area contributed by atoms with Gasteiger partial charge < -0.3 is 10.2 Å². The highest BCUT2D eigenvalue weighted by molar-refractivity contribution is 5.87. The van der Waals surface area contributed by atoms with Gasteiger partial charge in [-0.15, -0.1) is 0 Å². The molecule has 1 aliphatic heterocycles. The number of amides is 2. The van der Waals surface area contributed by atoms with Gasteiger partial charge in [-0.2, -0.15) is 0 Å². The Kier molecular flexibility index (Phi) is 2.93. The molecule has 15 heavy (non-hydrogen) atoms. The molecule has 2 fully saturated rings. The second kappa shape index (κ2) is 4.21. The molecule has 4 nitrogen and oxygen atoms in total. The van der Waals surface area contributed by atoms with Crippen molar-refractivity contribution in [1.29, 1.82) is 0 Å². The molecule has 4 heteroatoms. The summed E-state index contributed by atoms with van der Waals surface area (Å²) in [5, 5.41) is 2.72. The fraction of sp³-hybridized carbons (Fsp3) is 0.818. The van der Waals surface area contributed by atoms with Crippen LogP contribution in [0, 0.1) is 11.8 Å². The lowest BCUT2D eigenvalue weighted by Gasteiger charge is -2.15. The van der Waals surface area contributed by atoms with E-state index in [1.165, 1.54) is 0 Å². The molecule has 1 aliphatic carbocycles. The predicted octanol–water partition coefficient (Wildman–Crippen LogP) is 0.381. The average molecular weight is 210 g/mol. The van der Waals surface area contributed by atoms with E-state index >= 15 is 0 Å². The minimum Gasteiger partial charge on any atom is -0.347 e. The second-order valence-corrected chi connectivity index (χ2v) is 4.63. The number of carbonyl (C=O) groups excluding carboxylic acids is 2. The molecule has 1 N–H and O–H groups in total. The maximum absolute atomic E-state index is 11.6.